The van der Waals surface area contributed by atoms with Crippen molar-refractivity contribution in [2.45, 2.75) is 426 Å². The molecule has 0 aromatic carbocycles. The lowest BCUT2D eigenvalue weighted by atomic mass is 10.0. The van der Waals surface area contributed by atoms with Crippen LogP contribution in [0.2, 0.25) is 0 Å². The Labute approximate surface area is 594 Å². The first-order valence-electron chi connectivity index (χ1n) is 40.5. The van der Waals surface area contributed by atoms with Crippen molar-refractivity contribution < 1.29 is 80.2 Å². The number of carbonyl (C=O) groups is 4. The summed E-state index contributed by atoms with van der Waals surface area (Å²) >= 11 is 0. The molecule has 0 radical (unpaired) electrons. The topological polar surface area (TPSA) is 237 Å². The number of phosphoric ester groups is 2. The third kappa shape index (κ3) is 72.2. The zero-order valence-corrected chi connectivity index (χ0v) is 65.2. The molecule has 0 saturated heterocycles. The minimum atomic E-state index is -4.96. The summed E-state index contributed by atoms with van der Waals surface area (Å²) in [5.74, 6) is -0.520. The van der Waals surface area contributed by atoms with Crippen molar-refractivity contribution in [3.8, 4) is 0 Å². The summed E-state index contributed by atoms with van der Waals surface area (Å²) in [4.78, 5) is 72.9. The molecule has 5 atom stereocenters. The van der Waals surface area contributed by atoms with E-state index in [1.165, 1.54) is 225 Å². The van der Waals surface area contributed by atoms with E-state index in [2.05, 4.69) is 41.5 Å². The molecular weight excluding hydrogens is 1270 g/mol. The number of unbranched alkanes of at least 4 members (excludes halogenated alkanes) is 47. The van der Waals surface area contributed by atoms with Crippen molar-refractivity contribution in [1.82, 2.24) is 0 Å². The quantitative estimate of drug-likeness (QED) is 0.0222. The van der Waals surface area contributed by atoms with Crippen molar-refractivity contribution in [2.24, 2.45) is 11.8 Å². The number of hydrogen-bond donors (Lipinski definition) is 3. The largest absolute Gasteiger partial charge is 0.472 e. The highest BCUT2D eigenvalue weighted by Gasteiger charge is 2.30. The first-order chi connectivity index (χ1) is 46.9. The minimum absolute atomic E-state index is 0.108. The van der Waals surface area contributed by atoms with Crippen molar-refractivity contribution >= 4 is 39.5 Å². The van der Waals surface area contributed by atoms with E-state index in [1.807, 2.05) is 0 Å². The van der Waals surface area contributed by atoms with Gasteiger partial charge in [-0.1, -0.05) is 356 Å². The second-order valence-electron chi connectivity index (χ2n) is 29.1. The number of rotatable bonds is 77. The Hall–Kier alpha value is -1.94. The lowest BCUT2D eigenvalue weighted by molar-refractivity contribution is -0.161. The van der Waals surface area contributed by atoms with Crippen LogP contribution in [0, 0.1) is 11.8 Å². The van der Waals surface area contributed by atoms with Gasteiger partial charge in [-0.3, -0.25) is 37.3 Å². The molecule has 0 spiro atoms. The second kappa shape index (κ2) is 69.8. The zero-order chi connectivity index (χ0) is 71.4. The summed E-state index contributed by atoms with van der Waals surface area (Å²) in [6.45, 7) is 9.65. The van der Waals surface area contributed by atoms with Gasteiger partial charge in [0.15, 0.2) is 12.2 Å². The monoisotopic (exact) mass is 1420 g/mol. The molecule has 0 heterocycles. The molecule has 0 aliphatic heterocycles. The number of aliphatic hydroxyl groups excluding tert-OH is 1. The van der Waals surface area contributed by atoms with Crippen LogP contribution < -0.4 is 0 Å². The highest BCUT2D eigenvalue weighted by atomic mass is 31.2. The van der Waals surface area contributed by atoms with Crippen molar-refractivity contribution in [1.29, 1.82) is 0 Å². The fourth-order valence-corrected chi connectivity index (χ4v) is 13.6. The molecule has 0 amide bonds. The average Bonchev–Trinajstić information content (AvgIpc) is 1.01. The first kappa shape index (κ1) is 95.1. The summed E-state index contributed by atoms with van der Waals surface area (Å²) in [6.07, 6.45) is 58.1. The molecule has 19 heteroatoms. The number of hydrogen-bond acceptors (Lipinski definition) is 15. The molecule has 0 saturated carbocycles. The lowest BCUT2D eigenvalue weighted by Gasteiger charge is -2.21. The molecule has 17 nitrogen and oxygen atoms in total. The van der Waals surface area contributed by atoms with Crippen LogP contribution in [-0.4, -0.2) is 96.7 Å². The third-order valence-electron chi connectivity index (χ3n) is 18.2. The van der Waals surface area contributed by atoms with Crippen LogP contribution >= 0.6 is 15.6 Å². The maximum absolute atomic E-state index is 13.1. The smallest absolute Gasteiger partial charge is 0.462 e. The van der Waals surface area contributed by atoms with E-state index in [0.717, 1.165) is 102 Å². The van der Waals surface area contributed by atoms with Crippen LogP contribution in [0.3, 0.4) is 0 Å². The molecule has 0 aromatic heterocycles. The molecule has 576 valence electrons. The van der Waals surface area contributed by atoms with Gasteiger partial charge in [-0.05, 0) is 37.5 Å². The van der Waals surface area contributed by atoms with Gasteiger partial charge in [-0.2, -0.15) is 0 Å². The predicted molar refractivity (Wildman–Crippen MR) is 395 cm³/mol. The number of phosphoric acid groups is 2. The van der Waals surface area contributed by atoms with Gasteiger partial charge in [-0.15, -0.1) is 0 Å². The summed E-state index contributed by atoms with van der Waals surface area (Å²) in [6, 6.07) is 0. The SMILES string of the molecule is CCCCCCCCCCCCCCCC(=O)O[C@H](COC(=O)CCCCCCCCCCCC)COP(=O)(O)OC[C@H](O)COP(=O)(O)OC[C@@H](COC(=O)CCCCCCCCCCCCCCC(C)C)OC(=O)CCCCCCCCCCCCCCCCCCC(C)C. The van der Waals surface area contributed by atoms with Gasteiger partial charge in [0.25, 0.3) is 0 Å². The minimum Gasteiger partial charge on any atom is -0.462 e. The van der Waals surface area contributed by atoms with Gasteiger partial charge in [0.2, 0.25) is 0 Å². The Morgan fingerprint density at radius 1 is 0.278 bits per heavy atom. The number of aliphatic hydroxyl groups is 1. The molecule has 2 unspecified atom stereocenters. The Morgan fingerprint density at radius 2 is 0.474 bits per heavy atom. The van der Waals surface area contributed by atoms with Crippen molar-refractivity contribution in [3.05, 3.63) is 0 Å². The summed E-state index contributed by atoms with van der Waals surface area (Å²) in [5.41, 5.74) is 0. The Morgan fingerprint density at radius 3 is 0.701 bits per heavy atom. The van der Waals surface area contributed by atoms with E-state index in [-0.39, 0.29) is 25.7 Å². The van der Waals surface area contributed by atoms with E-state index in [4.69, 9.17) is 37.0 Å². The van der Waals surface area contributed by atoms with Crippen LogP contribution in [0.5, 0.6) is 0 Å². The summed E-state index contributed by atoms with van der Waals surface area (Å²) in [5, 5.41) is 10.6. The maximum atomic E-state index is 13.1. The molecule has 0 aliphatic rings. The molecule has 0 bridgehead atoms. The van der Waals surface area contributed by atoms with Gasteiger partial charge in [0.1, 0.15) is 19.3 Å². The Balaban J connectivity index is 5.23. The molecule has 3 N–H and O–H groups in total. The number of carbonyl (C=O) groups excluding carboxylic acids is 4. The Bertz CT molecular complexity index is 1870. The van der Waals surface area contributed by atoms with Gasteiger partial charge in [0, 0.05) is 25.7 Å². The predicted octanol–water partition coefficient (Wildman–Crippen LogP) is 23.1. The fraction of sp³-hybridized carbons (Fsp3) is 0.949. The van der Waals surface area contributed by atoms with E-state index in [1.54, 1.807) is 0 Å². The lowest BCUT2D eigenvalue weighted by Crippen LogP contribution is -2.30. The first-order valence-corrected chi connectivity index (χ1v) is 43.5. The van der Waals surface area contributed by atoms with Gasteiger partial charge < -0.3 is 33.8 Å². The number of esters is 4. The van der Waals surface area contributed by atoms with Crippen LogP contribution in [-0.2, 0) is 65.4 Å². The van der Waals surface area contributed by atoms with Crippen LogP contribution in [0.15, 0.2) is 0 Å². The van der Waals surface area contributed by atoms with Crippen molar-refractivity contribution in [3.63, 3.8) is 0 Å². The average molecular weight is 1420 g/mol. The molecule has 0 rings (SSSR count). The highest BCUT2D eigenvalue weighted by molar-refractivity contribution is 7.47. The van der Waals surface area contributed by atoms with E-state index in [9.17, 15) is 43.2 Å². The maximum Gasteiger partial charge on any atom is 0.472 e. The molecule has 0 aliphatic carbocycles. The van der Waals surface area contributed by atoms with Gasteiger partial charge in [-0.25, -0.2) is 9.13 Å². The van der Waals surface area contributed by atoms with Gasteiger partial charge >= 0.3 is 39.5 Å². The Kier molecular flexibility index (Phi) is 68.4. The second-order valence-corrected chi connectivity index (χ2v) is 32.0. The highest BCUT2D eigenvalue weighted by Crippen LogP contribution is 2.45. The van der Waals surface area contributed by atoms with Gasteiger partial charge in [0.05, 0.1) is 26.4 Å². The summed E-state index contributed by atoms with van der Waals surface area (Å²) < 4.78 is 68.6. The van der Waals surface area contributed by atoms with E-state index in [0.29, 0.717) is 25.7 Å². The van der Waals surface area contributed by atoms with Crippen LogP contribution in [0.4, 0.5) is 0 Å². The summed E-state index contributed by atoms with van der Waals surface area (Å²) in [7, 11) is -9.91. The van der Waals surface area contributed by atoms with E-state index < -0.39 is 97.5 Å². The van der Waals surface area contributed by atoms with E-state index >= 15 is 0 Å². The van der Waals surface area contributed by atoms with Crippen molar-refractivity contribution in [2.75, 3.05) is 39.6 Å². The third-order valence-corrected chi connectivity index (χ3v) is 20.1. The van der Waals surface area contributed by atoms with Crippen LogP contribution in [0.25, 0.3) is 0 Å². The normalized spacial score (nSPS) is 14.0. The molecular formula is C78H152O17P2. The molecule has 0 fully saturated rings. The fourth-order valence-electron chi connectivity index (χ4n) is 12.0. The molecule has 97 heavy (non-hydrogen) atoms. The number of ether oxygens (including phenoxy) is 4. The molecule has 0 aromatic rings. The zero-order valence-electron chi connectivity index (χ0n) is 63.4. The standard InChI is InChI=1S/C78H152O17P2/c1-7-9-11-13-15-17-19-24-32-38-44-50-56-62-77(82)94-73(66-88-75(80)60-54-48-42-36-18-16-14-12-10-8-2)68-92-96(84,85)90-64-72(79)65-91-97(86,87)93-69-74(67-89-76(81)61-55-49-43-37-31-28-27-30-35-41-47-53-59-71(5)6)95-78(83)63-57-51-45-39-33-26-23-21-20-22-25-29-34-40-46-52-58-70(3)4/h70-74,79H,7-69H2,1-6H3,(H,84,85)(H,86,87)/t72-,73+,74+/m0/s1. The van der Waals surface area contributed by atoms with Crippen LogP contribution in [0.1, 0.15) is 408 Å².